The third-order valence-corrected chi connectivity index (χ3v) is 2.58. The molecule has 0 bridgehead atoms. The second kappa shape index (κ2) is 8.98. The maximum atomic E-state index is 10.3. The Hall–Kier alpha value is -0.590. The zero-order valence-corrected chi connectivity index (χ0v) is 8.85. The molecular formula is C8H17N3O2S. The third-order valence-electron chi connectivity index (χ3n) is 1.56. The number of thioether (sulfide) groups is 1. The molecule has 0 fully saturated rings. The smallest absolute Gasteiger partial charge is 0.320 e. The van der Waals surface area contributed by atoms with Gasteiger partial charge in [0.05, 0.1) is 0 Å². The van der Waals surface area contributed by atoms with Crippen molar-refractivity contribution in [3.05, 3.63) is 0 Å². The van der Waals surface area contributed by atoms with Crippen LogP contribution in [-0.4, -0.2) is 47.9 Å². The van der Waals surface area contributed by atoms with Crippen molar-refractivity contribution in [1.29, 1.82) is 5.41 Å². The van der Waals surface area contributed by atoms with Gasteiger partial charge in [-0.2, -0.15) is 11.8 Å². The third kappa shape index (κ3) is 8.03. The standard InChI is InChI=1S/C8H17N3O2S/c9-2-3-11-4-6-14-5-1-7(10)8(12)13/h2,7,9,11H,1,3-6,10H2,(H,12,13)/t7-/m0/s1. The van der Waals surface area contributed by atoms with E-state index in [-0.39, 0.29) is 0 Å². The summed E-state index contributed by atoms with van der Waals surface area (Å²) < 4.78 is 0. The lowest BCUT2D eigenvalue weighted by Gasteiger charge is -2.05. The molecule has 0 saturated carbocycles. The lowest BCUT2D eigenvalue weighted by molar-refractivity contribution is -0.138. The first-order valence-electron chi connectivity index (χ1n) is 4.44. The van der Waals surface area contributed by atoms with Crippen LogP contribution in [0.3, 0.4) is 0 Å². The molecule has 5 N–H and O–H groups in total. The Morgan fingerprint density at radius 3 is 2.93 bits per heavy atom. The van der Waals surface area contributed by atoms with Crippen LogP contribution in [0.2, 0.25) is 0 Å². The molecular weight excluding hydrogens is 202 g/mol. The van der Waals surface area contributed by atoms with E-state index >= 15 is 0 Å². The number of carboxylic acid groups (broad SMARTS) is 1. The first-order valence-corrected chi connectivity index (χ1v) is 5.59. The maximum Gasteiger partial charge on any atom is 0.320 e. The van der Waals surface area contributed by atoms with E-state index in [9.17, 15) is 4.79 Å². The molecule has 14 heavy (non-hydrogen) atoms. The van der Waals surface area contributed by atoms with E-state index < -0.39 is 12.0 Å². The number of carboxylic acids is 1. The zero-order valence-electron chi connectivity index (χ0n) is 8.03. The maximum absolute atomic E-state index is 10.3. The lowest BCUT2D eigenvalue weighted by atomic mass is 10.2. The van der Waals surface area contributed by atoms with E-state index in [1.54, 1.807) is 11.8 Å². The van der Waals surface area contributed by atoms with Gasteiger partial charge >= 0.3 is 5.97 Å². The molecule has 5 nitrogen and oxygen atoms in total. The lowest BCUT2D eigenvalue weighted by Crippen LogP contribution is -2.30. The number of nitrogens with one attached hydrogen (secondary N) is 2. The topological polar surface area (TPSA) is 99.2 Å². The van der Waals surface area contributed by atoms with Crippen LogP contribution in [0.15, 0.2) is 0 Å². The van der Waals surface area contributed by atoms with E-state index in [0.717, 1.165) is 18.1 Å². The minimum absolute atomic E-state index is 0.505. The Morgan fingerprint density at radius 1 is 1.64 bits per heavy atom. The largest absolute Gasteiger partial charge is 0.480 e. The highest BCUT2D eigenvalue weighted by molar-refractivity contribution is 7.99. The molecule has 0 aliphatic carbocycles. The van der Waals surface area contributed by atoms with E-state index in [4.69, 9.17) is 16.2 Å². The number of hydrogen-bond acceptors (Lipinski definition) is 5. The highest BCUT2D eigenvalue weighted by Gasteiger charge is 2.09. The Balaban J connectivity index is 3.13. The SMILES string of the molecule is N=CCNCCSCC[C@H](N)C(=O)O. The van der Waals surface area contributed by atoms with E-state index in [0.29, 0.717) is 13.0 Å². The van der Waals surface area contributed by atoms with Crippen molar-refractivity contribution in [2.75, 3.05) is 24.6 Å². The highest BCUT2D eigenvalue weighted by atomic mass is 32.2. The van der Waals surface area contributed by atoms with Gasteiger partial charge in [-0.1, -0.05) is 0 Å². The fraction of sp³-hybridized carbons (Fsp3) is 0.750. The summed E-state index contributed by atoms with van der Waals surface area (Å²) in [6.45, 7) is 1.43. The molecule has 0 spiro atoms. The predicted molar refractivity (Wildman–Crippen MR) is 59.2 cm³/mol. The van der Waals surface area contributed by atoms with Gasteiger partial charge in [-0.15, -0.1) is 0 Å². The van der Waals surface area contributed by atoms with Gasteiger partial charge < -0.3 is 21.6 Å². The predicted octanol–water partition coefficient (Wildman–Crippen LogP) is -0.239. The molecule has 0 aromatic rings. The van der Waals surface area contributed by atoms with E-state index in [1.807, 2.05) is 0 Å². The summed E-state index contributed by atoms with van der Waals surface area (Å²) in [5, 5.41) is 18.3. The summed E-state index contributed by atoms with van der Waals surface area (Å²) in [4.78, 5) is 10.3. The molecule has 0 aliphatic heterocycles. The summed E-state index contributed by atoms with van der Waals surface area (Å²) in [6, 6.07) is -0.739. The van der Waals surface area contributed by atoms with Crippen LogP contribution in [0.25, 0.3) is 0 Å². The zero-order chi connectivity index (χ0) is 10.8. The number of aliphatic carboxylic acids is 1. The second-order valence-corrected chi connectivity index (χ2v) is 3.98. The molecule has 6 heteroatoms. The summed E-state index contributed by atoms with van der Waals surface area (Å²) in [5.41, 5.74) is 5.32. The quantitative estimate of drug-likeness (QED) is 0.317. The number of nitrogens with two attached hydrogens (primary N) is 1. The van der Waals surface area contributed by atoms with Crippen LogP contribution in [0.1, 0.15) is 6.42 Å². The van der Waals surface area contributed by atoms with Crippen molar-refractivity contribution in [3.8, 4) is 0 Å². The van der Waals surface area contributed by atoms with Crippen LogP contribution in [-0.2, 0) is 4.79 Å². The monoisotopic (exact) mass is 219 g/mol. The molecule has 82 valence electrons. The molecule has 0 aromatic carbocycles. The van der Waals surface area contributed by atoms with Crippen LogP contribution in [0, 0.1) is 5.41 Å². The minimum Gasteiger partial charge on any atom is -0.480 e. The molecule has 0 amide bonds. The van der Waals surface area contributed by atoms with Crippen LogP contribution in [0.4, 0.5) is 0 Å². The molecule has 1 atom stereocenters. The normalized spacial score (nSPS) is 12.4. The molecule has 0 saturated heterocycles. The molecule has 0 aliphatic rings. The molecule has 0 unspecified atom stereocenters. The van der Waals surface area contributed by atoms with Crippen molar-refractivity contribution in [3.63, 3.8) is 0 Å². The summed E-state index contributed by atoms with van der Waals surface area (Å²) >= 11 is 1.67. The number of carbonyl (C=O) groups is 1. The van der Waals surface area contributed by atoms with Crippen LogP contribution < -0.4 is 11.1 Å². The summed E-state index contributed by atoms with van der Waals surface area (Å²) in [5.74, 6) is 0.743. The first kappa shape index (κ1) is 13.4. The van der Waals surface area contributed by atoms with Crippen molar-refractivity contribution in [2.45, 2.75) is 12.5 Å². The highest BCUT2D eigenvalue weighted by Crippen LogP contribution is 2.02. The van der Waals surface area contributed by atoms with Crippen LogP contribution in [0.5, 0.6) is 0 Å². The van der Waals surface area contributed by atoms with Crippen molar-refractivity contribution < 1.29 is 9.90 Å². The number of hydrogen-bond donors (Lipinski definition) is 4. The molecule has 0 rings (SSSR count). The Bertz CT molecular complexity index is 178. The fourth-order valence-electron chi connectivity index (χ4n) is 0.754. The average Bonchev–Trinajstić information content (AvgIpc) is 2.16. The van der Waals surface area contributed by atoms with Gasteiger partial charge in [0.2, 0.25) is 0 Å². The van der Waals surface area contributed by atoms with E-state index in [1.165, 1.54) is 6.21 Å². The molecule has 0 radical (unpaired) electrons. The molecule has 0 aromatic heterocycles. The Labute approximate surface area is 87.9 Å². The second-order valence-electron chi connectivity index (χ2n) is 2.75. The van der Waals surface area contributed by atoms with Crippen molar-refractivity contribution in [1.82, 2.24) is 5.32 Å². The van der Waals surface area contributed by atoms with Gasteiger partial charge in [0.15, 0.2) is 0 Å². The van der Waals surface area contributed by atoms with Gasteiger partial charge in [-0.05, 0) is 12.2 Å². The van der Waals surface area contributed by atoms with Gasteiger partial charge in [0.25, 0.3) is 0 Å². The van der Waals surface area contributed by atoms with Crippen molar-refractivity contribution in [2.24, 2.45) is 5.73 Å². The summed E-state index contributed by atoms with van der Waals surface area (Å²) in [7, 11) is 0. The average molecular weight is 219 g/mol. The molecule has 0 heterocycles. The Morgan fingerprint density at radius 2 is 2.36 bits per heavy atom. The van der Waals surface area contributed by atoms with Crippen LogP contribution >= 0.6 is 11.8 Å². The van der Waals surface area contributed by atoms with E-state index in [2.05, 4.69) is 5.32 Å². The summed E-state index contributed by atoms with van der Waals surface area (Å²) in [6.07, 6.45) is 1.82. The first-order chi connectivity index (χ1) is 6.68. The number of rotatable bonds is 9. The fourth-order valence-corrected chi connectivity index (χ4v) is 1.67. The van der Waals surface area contributed by atoms with Gasteiger partial charge in [-0.3, -0.25) is 4.79 Å². The van der Waals surface area contributed by atoms with Gasteiger partial charge in [0.1, 0.15) is 6.04 Å². The van der Waals surface area contributed by atoms with Gasteiger partial charge in [-0.25, -0.2) is 0 Å². The minimum atomic E-state index is -0.937. The van der Waals surface area contributed by atoms with Gasteiger partial charge in [0, 0.05) is 25.1 Å². The Kier molecular flexibility index (Phi) is 8.61. The van der Waals surface area contributed by atoms with Crippen molar-refractivity contribution >= 4 is 23.9 Å².